The summed E-state index contributed by atoms with van der Waals surface area (Å²) in [4.78, 5) is 15.9. The van der Waals surface area contributed by atoms with Gasteiger partial charge in [-0.3, -0.25) is 9.78 Å². The van der Waals surface area contributed by atoms with E-state index in [-0.39, 0.29) is 16.9 Å². The number of hydrogen-bond donors (Lipinski definition) is 2. The molecule has 19 heavy (non-hydrogen) atoms. The van der Waals surface area contributed by atoms with E-state index < -0.39 is 11.7 Å². The second-order valence-electron chi connectivity index (χ2n) is 3.73. The van der Waals surface area contributed by atoms with Gasteiger partial charge < -0.3 is 15.8 Å². The highest BCUT2D eigenvalue weighted by Gasteiger charge is 2.15. The first-order valence-corrected chi connectivity index (χ1v) is 5.47. The third kappa shape index (κ3) is 2.62. The smallest absolute Gasteiger partial charge is 0.259 e. The van der Waals surface area contributed by atoms with Crippen LogP contribution in [0, 0.1) is 5.82 Å². The summed E-state index contributed by atoms with van der Waals surface area (Å²) in [7, 11) is 1.42. The van der Waals surface area contributed by atoms with E-state index in [2.05, 4.69) is 10.3 Å². The molecule has 1 aromatic heterocycles. The first-order valence-electron chi connectivity index (χ1n) is 5.47. The Kier molecular flexibility index (Phi) is 3.61. The lowest BCUT2D eigenvalue weighted by Gasteiger charge is -2.11. The van der Waals surface area contributed by atoms with Crippen LogP contribution in [-0.2, 0) is 0 Å². The molecule has 0 saturated heterocycles. The van der Waals surface area contributed by atoms with Crippen molar-refractivity contribution in [1.29, 1.82) is 0 Å². The van der Waals surface area contributed by atoms with Crippen molar-refractivity contribution in [3.63, 3.8) is 0 Å². The first-order chi connectivity index (χ1) is 9.13. The van der Waals surface area contributed by atoms with Crippen molar-refractivity contribution in [3.05, 3.63) is 48.0 Å². The van der Waals surface area contributed by atoms with Crippen LogP contribution >= 0.6 is 0 Å². The average molecular weight is 261 g/mol. The number of carbonyl (C=O) groups excluding carboxylic acids is 1. The number of nitrogens with zero attached hydrogens (tertiary/aromatic N) is 1. The number of rotatable bonds is 3. The lowest BCUT2D eigenvalue weighted by molar-refractivity contribution is 0.102. The van der Waals surface area contributed by atoms with Gasteiger partial charge in [0.2, 0.25) is 0 Å². The van der Waals surface area contributed by atoms with Crippen molar-refractivity contribution in [2.24, 2.45) is 0 Å². The number of hydrogen-bond acceptors (Lipinski definition) is 4. The van der Waals surface area contributed by atoms with Crippen molar-refractivity contribution in [2.75, 3.05) is 18.2 Å². The van der Waals surface area contributed by atoms with Crippen LogP contribution in [0.15, 0.2) is 36.7 Å². The number of ether oxygens (including phenoxy) is 1. The van der Waals surface area contributed by atoms with E-state index in [0.717, 1.165) is 0 Å². The number of amides is 1. The largest absolute Gasteiger partial charge is 0.494 e. The van der Waals surface area contributed by atoms with Gasteiger partial charge in [0.05, 0.1) is 24.6 Å². The van der Waals surface area contributed by atoms with E-state index in [4.69, 9.17) is 10.5 Å². The maximum atomic E-state index is 13.6. The number of halogens is 1. The fourth-order valence-electron chi connectivity index (χ4n) is 1.58. The van der Waals surface area contributed by atoms with E-state index in [1.165, 1.54) is 43.8 Å². The summed E-state index contributed by atoms with van der Waals surface area (Å²) >= 11 is 0. The number of methoxy groups -OCH3 is 1. The molecule has 2 aromatic rings. The molecule has 5 nitrogen and oxygen atoms in total. The Hall–Kier alpha value is -2.63. The molecule has 3 N–H and O–H groups in total. The van der Waals surface area contributed by atoms with E-state index in [9.17, 15) is 9.18 Å². The zero-order chi connectivity index (χ0) is 13.8. The lowest BCUT2D eigenvalue weighted by Crippen LogP contribution is -2.15. The minimum absolute atomic E-state index is 0.0497. The molecular weight excluding hydrogens is 249 g/mol. The van der Waals surface area contributed by atoms with Gasteiger partial charge in [-0.25, -0.2) is 4.39 Å². The molecule has 0 unspecified atom stereocenters. The van der Waals surface area contributed by atoms with Gasteiger partial charge in [0.25, 0.3) is 5.91 Å². The zero-order valence-electron chi connectivity index (χ0n) is 10.2. The number of para-hydroxylation sites is 1. The number of carbonyl (C=O) groups is 1. The first kappa shape index (κ1) is 12.8. The van der Waals surface area contributed by atoms with Crippen LogP contribution in [0.25, 0.3) is 0 Å². The Labute approximate surface area is 109 Å². The van der Waals surface area contributed by atoms with Gasteiger partial charge in [-0.15, -0.1) is 0 Å². The number of benzene rings is 1. The Morgan fingerprint density at radius 1 is 1.42 bits per heavy atom. The van der Waals surface area contributed by atoms with Gasteiger partial charge in [0.1, 0.15) is 17.3 Å². The van der Waals surface area contributed by atoms with Crippen molar-refractivity contribution >= 4 is 17.3 Å². The molecule has 6 heteroatoms. The van der Waals surface area contributed by atoms with Crippen LogP contribution < -0.4 is 15.8 Å². The second kappa shape index (κ2) is 5.34. The molecule has 0 spiro atoms. The van der Waals surface area contributed by atoms with Gasteiger partial charge in [-0.1, -0.05) is 6.07 Å². The molecule has 0 fully saturated rings. The van der Waals surface area contributed by atoms with E-state index in [1.807, 2.05) is 0 Å². The Bertz CT molecular complexity index is 596. The number of anilines is 2. The molecule has 0 atom stereocenters. The zero-order valence-corrected chi connectivity index (χ0v) is 10.2. The third-order valence-corrected chi connectivity index (χ3v) is 2.53. The van der Waals surface area contributed by atoms with Crippen LogP contribution in [-0.4, -0.2) is 18.0 Å². The number of nitrogen functional groups attached to an aromatic ring is 1. The molecule has 1 aromatic carbocycles. The monoisotopic (exact) mass is 261 g/mol. The van der Waals surface area contributed by atoms with Gasteiger partial charge in [0.15, 0.2) is 0 Å². The highest BCUT2D eigenvalue weighted by atomic mass is 19.1. The second-order valence-corrected chi connectivity index (χ2v) is 3.73. The number of pyridine rings is 1. The highest BCUT2D eigenvalue weighted by molar-refractivity contribution is 6.07. The van der Waals surface area contributed by atoms with Gasteiger partial charge >= 0.3 is 0 Å². The van der Waals surface area contributed by atoms with Crippen LogP contribution in [0.2, 0.25) is 0 Å². The molecule has 0 aliphatic rings. The van der Waals surface area contributed by atoms with Crippen molar-refractivity contribution < 1.29 is 13.9 Å². The molecule has 0 bridgehead atoms. The molecule has 2 rings (SSSR count). The van der Waals surface area contributed by atoms with Crippen LogP contribution in [0.5, 0.6) is 5.75 Å². The fourth-order valence-corrected chi connectivity index (χ4v) is 1.58. The summed E-state index contributed by atoms with van der Waals surface area (Å²) in [6.45, 7) is 0. The Balaban J connectivity index is 2.31. The summed E-state index contributed by atoms with van der Waals surface area (Å²) in [5.74, 6) is -0.813. The Morgan fingerprint density at radius 2 is 2.21 bits per heavy atom. The lowest BCUT2D eigenvalue weighted by atomic mass is 10.2. The van der Waals surface area contributed by atoms with Gasteiger partial charge in [0, 0.05) is 6.20 Å². The summed E-state index contributed by atoms with van der Waals surface area (Å²) in [5.41, 5.74) is 5.97. The highest BCUT2D eigenvalue weighted by Crippen LogP contribution is 2.24. The minimum Gasteiger partial charge on any atom is -0.494 e. The molecule has 0 radical (unpaired) electrons. The molecular formula is C13H12FN3O2. The van der Waals surface area contributed by atoms with Crippen molar-refractivity contribution in [2.45, 2.75) is 0 Å². The van der Waals surface area contributed by atoms with E-state index >= 15 is 0 Å². The number of nitrogens with two attached hydrogens (primary N) is 1. The molecule has 0 saturated carbocycles. The summed E-state index contributed by atoms with van der Waals surface area (Å²) in [5, 5.41) is 2.42. The van der Waals surface area contributed by atoms with Gasteiger partial charge in [-0.05, 0) is 18.2 Å². The molecule has 0 aliphatic heterocycles. The number of aromatic nitrogens is 1. The van der Waals surface area contributed by atoms with Gasteiger partial charge in [-0.2, -0.15) is 0 Å². The molecule has 0 aliphatic carbocycles. The van der Waals surface area contributed by atoms with Crippen LogP contribution in [0.4, 0.5) is 15.8 Å². The summed E-state index contributed by atoms with van der Waals surface area (Å²) < 4.78 is 18.6. The van der Waals surface area contributed by atoms with Crippen LogP contribution in [0.1, 0.15) is 10.4 Å². The maximum absolute atomic E-state index is 13.6. The Morgan fingerprint density at radius 3 is 2.89 bits per heavy atom. The summed E-state index contributed by atoms with van der Waals surface area (Å²) in [6.07, 6.45) is 2.85. The quantitative estimate of drug-likeness (QED) is 0.829. The normalized spacial score (nSPS) is 10.0. The van der Waals surface area contributed by atoms with Crippen molar-refractivity contribution in [1.82, 2.24) is 4.98 Å². The SMILES string of the molecule is COc1cnccc1C(=O)Nc1c(N)cccc1F. The number of nitrogens with one attached hydrogen (secondary N) is 1. The predicted molar refractivity (Wildman–Crippen MR) is 69.6 cm³/mol. The summed E-state index contributed by atoms with van der Waals surface area (Å²) in [6, 6.07) is 5.66. The molecule has 1 amide bonds. The molecule has 1 heterocycles. The van der Waals surface area contributed by atoms with E-state index in [0.29, 0.717) is 5.75 Å². The standard InChI is InChI=1S/C13H12FN3O2/c1-19-11-7-16-6-5-8(11)13(18)17-12-9(14)3-2-4-10(12)15/h2-7H,15H2,1H3,(H,17,18). The average Bonchev–Trinajstić information content (AvgIpc) is 2.42. The minimum atomic E-state index is -0.596. The maximum Gasteiger partial charge on any atom is 0.259 e. The van der Waals surface area contributed by atoms with Crippen molar-refractivity contribution in [3.8, 4) is 5.75 Å². The topological polar surface area (TPSA) is 77.2 Å². The third-order valence-electron chi connectivity index (χ3n) is 2.53. The fraction of sp³-hybridized carbons (Fsp3) is 0.0769. The van der Waals surface area contributed by atoms with E-state index in [1.54, 1.807) is 0 Å². The molecule has 98 valence electrons. The van der Waals surface area contributed by atoms with Crippen LogP contribution in [0.3, 0.4) is 0 Å². The predicted octanol–water partition coefficient (Wildman–Crippen LogP) is 2.06.